The second-order valence-corrected chi connectivity index (χ2v) is 6.73. The molecule has 3 rings (SSSR count). The molecule has 0 aliphatic heterocycles. The van der Waals surface area contributed by atoms with Crippen LogP contribution in [0.15, 0.2) is 42.5 Å². The maximum Gasteiger partial charge on any atom is 0.258 e. The molecule has 0 spiro atoms. The third-order valence-corrected chi connectivity index (χ3v) is 4.38. The maximum absolute atomic E-state index is 12.6. The molecule has 1 N–H and O–H groups in total. The molecule has 128 valence electrons. The molecule has 0 bridgehead atoms. The number of nitrogens with zero attached hydrogens (tertiary/aromatic N) is 2. The van der Waals surface area contributed by atoms with Crippen molar-refractivity contribution in [2.24, 2.45) is 0 Å². The minimum atomic E-state index is -0.267. The number of carbonyl (C=O) groups excluding carboxylic acids is 1. The molecule has 0 radical (unpaired) electrons. The predicted molar refractivity (Wildman–Crippen MR) is 105 cm³/mol. The van der Waals surface area contributed by atoms with E-state index in [1.54, 1.807) is 6.07 Å². The molecular formula is C20H20ClN3O. The van der Waals surface area contributed by atoms with Gasteiger partial charge in [-0.3, -0.25) is 4.79 Å². The van der Waals surface area contributed by atoms with Crippen LogP contribution in [0.1, 0.15) is 21.5 Å². The molecule has 3 aromatic rings. The summed E-state index contributed by atoms with van der Waals surface area (Å²) in [6.07, 6.45) is 0. The van der Waals surface area contributed by atoms with Crippen molar-refractivity contribution in [1.82, 2.24) is 4.98 Å². The molecule has 5 heteroatoms. The number of carbonyl (C=O) groups is 1. The minimum Gasteiger partial charge on any atom is -0.378 e. The van der Waals surface area contributed by atoms with Crippen molar-refractivity contribution < 1.29 is 4.79 Å². The number of hydrogen-bond donors (Lipinski definition) is 1. The van der Waals surface area contributed by atoms with E-state index < -0.39 is 0 Å². The van der Waals surface area contributed by atoms with Crippen LogP contribution in [0, 0.1) is 13.8 Å². The Kier molecular flexibility index (Phi) is 4.64. The van der Waals surface area contributed by atoms with Gasteiger partial charge in [-0.15, -0.1) is 0 Å². The van der Waals surface area contributed by atoms with Crippen molar-refractivity contribution in [1.29, 1.82) is 0 Å². The summed E-state index contributed by atoms with van der Waals surface area (Å²) in [7, 11) is 3.94. The fraction of sp³-hybridized carbons (Fsp3) is 0.200. The first-order valence-corrected chi connectivity index (χ1v) is 8.39. The van der Waals surface area contributed by atoms with E-state index >= 15 is 0 Å². The lowest BCUT2D eigenvalue weighted by Crippen LogP contribution is -2.14. The maximum atomic E-state index is 12.6. The molecule has 2 aromatic carbocycles. The predicted octanol–water partition coefficient (Wildman–Crippen LogP) is 4.82. The molecule has 0 saturated carbocycles. The van der Waals surface area contributed by atoms with Gasteiger partial charge in [-0.2, -0.15) is 0 Å². The Morgan fingerprint density at radius 2 is 1.76 bits per heavy atom. The highest BCUT2D eigenvalue weighted by Gasteiger charge is 2.14. The summed E-state index contributed by atoms with van der Waals surface area (Å²) >= 11 is 6.26. The van der Waals surface area contributed by atoms with Crippen LogP contribution in [0.25, 0.3) is 10.9 Å². The van der Waals surface area contributed by atoms with Gasteiger partial charge in [0.25, 0.3) is 5.91 Å². The molecular weight excluding hydrogens is 334 g/mol. The molecule has 4 nitrogen and oxygen atoms in total. The Morgan fingerprint density at radius 3 is 2.40 bits per heavy atom. The number of halogens is 1. The number of fused-ring (bicyclic) bond motifs is 1. The van der Waals surface area contributed by atoms with E-state index in [0.29, 0.717) is 11.3 Å². The second kappa shape index (κ2) is 6.73. The van der Waals surface area contributed by atoms with E-state index in [-0.39, 0.29) is 11.1 Å². The third-order valence-electron chi connectivity index (χ3n) is 4.09. The molecule has 25 heavy (non-hydrogen) atoms. The Hall–Kier alpha value is -2.59. The number of rotatable bonds is 3. The van der Waals surface area contributed by atoms with Crippen molar-refractivity contribution in [2.45, 2.75) is 13.8 Å². The highest BCUT2D eigenvalue weighted by Crippen LogP contribution is 2.25. The van der Waals surface area contributed by atoms with E-state index in [2.05, 4.69) is 16.4 Å². The van der Waals surface area contributed by atoms with Crippen molar-refractivity contribution in [3.05, 3.63) is 64.3 Å². The van der Waals surface area contributed by atoms with Gasteiger partial charge in [-0.25, -0.2) is 4.98 Å². The van der Waals surface area contributed by atoms with Gasteiger partial charge < -0.3 is 10.2 Å². The first kappa shape index (κ1) is 17.2. The van der Waals surface area contributed by atoms with E-state index in [4.69, 9.17) is 11.6 Å². The summed E-state index contributed by atoms with van der Waals surface area (Å²) in [5.74, 6) is -0.267. The SMILES string of the molecule is Cc1cc(C)c2nc(Cl)c(C(=O)Nc3ccc(N(C)C)cc3)cc2c1. The van der Waals surface area contributed by atoms with Crippen LogP contribution in [-0.4, -0.2) is 25.0 Å². The van der Waals surface area contributed by atoms with Gasteiger partial charge in [0.2, 0.25) is 0 Å². The zero-order valence-corrected chi connectivity index (χ0v) is 15.5. The lowest BCUT2D eigenvalue weighted by atomic mass is 10.1. The number of nitrogens with one attached hydrogen (secondary N) is 1. The number of aryl methyl sites for hydroxylation is 2. The van der Waals surface area contributed by atoms with Crippen LogP contribution in [0.4, 0.5) is 11.4 Å². The van der Waals surface area contributed by atoms with Crippen LogP contribution in [0.3, 0.4) is 0 Å². The Morgan fingerprint density at radius 1 is 1.08 bits per heavy atom. The Bertz CT molecular complexity index is 949. The van der Waals surface area contributed by atoms with Crippen molar-refractivity contribution in [2.75, 3.05) is 24.3 Å². The number of amides is 1. The number of hydrogen-bond acceptors (Lipinski definition) is 3. The quantitative estimate of drug-likeness (QED) is 0.686. The molecule has 1 heterocycles. The van der Waals surface area contributed by atoms with Gasteiger partial charge in [-0.1, -0.05) is 23.2 Å². The monoisotopic (exact) mass is 353 g/mol. The lowest BCUT2D eigenvalue weighted by molar-refractivity contribution is 0.102. The van der Waals surface area contributed by atoms with Crippen LogP contribution in [0.2, 0.25) is 5.15 Å². The summed E-state index contributed by atoms with van der Waals surface area (Å²) in [5, 5.41) is 4.00. The normalized spacial score (nSPS) is 10.8. The molecule has 0 saturated heterocycles. The first-order valence-electron chi connectivity index (χ1n) is 8.01. The summed E-state index contributed by atoms with van der Waals surface area (Å²) in [6.45, 7) is 4.01. The summed E-state index contributed by atoms with van der Waals surface area (Å²) in [6, 6.07) is 13.5. The van der Waals surface area contributed by atoms with Crippen LogP contribution < -0.4 is 10.2 Å². The fourth-order valence-corrected chi connectivity index (χ4v) is 3.05. The van der Waals surface area contributed by atoms with Crippen LogP contribution in [0.5, 0.6) is 0 Å². The summed E-state index contributed by atoms with van der Waals surface area (Å²) in [5.41, 5.74) is 5.14. The summed E-state index contributed by atoms with van der Waals surface area (Å²) in [4.78, 5) is 19.0. The smallest absolute Gasteiger partial charge is 0.258 e. The second-order valence-electron chi connectivity index (χ2n) is 6.38. The molecule has 0 unspecified atom stereocenters. The van der Waals surface area contributed by atoms with E-state index in [0.717, 1.165) is 27.7 Å². The third kappa shape index (κ3) is 3.59. The zero-order valence-electron chi connectivity index (χ0n) is 14.7. The first-order chi connectivity index (χ1) is 11.8. The average Bonchev–Trinajstić information content (AvgIpc) is 2.55. The molecule has 0 aliphatic rings. The largest absolute Gasteiger partial charge is 0.378 e. The molecule has 0 atom stereocenters. The summed E-state index contributed by atoms with van der Waals surface area (Å²) < 4.78 is 0. The highest BCUT2D eigenvalue weighted by atomic mass is 35.5. The van der Waals surface area contributed by atoms with Gasteiger partial charge in [-0.05, 0) is 55.8 Å². The van der Waals surface area contributed by atoms with Gasteiger partial charge >= 0.3 is 0 Å². The topological polar surface area (TPSA) is 45.2 Å². The molecule has 1 aromatic heterocycles. The van der Waals surface area contributed by atoms with E-state index in [1.165, 1.54) is 0 Å². The van der Waals surface area contributed by atoms with Crippen LogP contribution >= 0.6 is 11.6 Å². The fourth-order valence-electron chi connectivity index (χ4n) is 2.83. The number of benzene rings is 2. The van der Waals surface area contributed by atoms with Crippen LogP contribution in [-0.2, 0) is 0 Å². The van der Waals surface area contributed by atoms with E-state index in [1.807, 2.05) is 63.2 Å². The Balaban J connectivity index is 1.92. The van der Waals surface area contributed by atoms with E-state index in [9.17, 15) is 4.79 Å². The zero-order chi connectivity index (χ0) is 18.1. The highest BCUT2D eigenvalue weighted by molar-refractivity contribution is 6.33. The van der Waals surface area contributed by atoms with Gasteiger partial charge in [0.15, 0.2) is 0 Å². The number of anilines is 2. The Labute approximate surface area is 152 Å². The minimum absolute atomic E-state index is 0.210. The molecule has 1 amide bonds. The number of pyridine rings is 1. The van der Waals surface area contributed by atoms with Gasteiger partial charge in [0.05, 0.1) is 11.1 Å². The van der Waals surface area contributed by atoms with Gasteiger partial charge in [0, 0.05) is 30.9 Å². The standard InChI is InChI=1S/C20H20ClN3O/c1-12-9-13(2)18-14(10-12)11-17(19(21)23-18)20(25)22-15-5-7-16(8-6-15)24(3)4/h5-11H,1-4H3,(H,22,25). The van der Waals surface area contributed by atoms with Crippen molar-refractivity contribution in [3.63, 3.8) is 0 Å². The lowest BCUT2D eigenvalue weighted by Gasteiger charge is -2.13. The molecule has 0 aliphatic carbocycles. The number of aromatic nitrogens is 1. The van der Waals surface area contributed by atoms with Crippen molar-refractivity contribution >= 4 is 39.8 Å². The average molecular weight is 354 g/mol. The van der Waals surface area contributed by atoms with Gasteiger partial charge in [0.1, 0.15) is 5.15 Å². The molecule has 0 fully saturated rings. The van der Waals surface area contributed by atoms with Crippen molar-refractivity contribution in [3.8, 4) is 0 Å².